The first kappa shape index (κ1) is 23.1. The monoisotopic (exact) mass is 462 g/mol. The van der Waals surface area contributed by atoms with Crippen LogP contribution in [-0.2, 0) is 10.3 Å². The van der Waals surface area contributed by atoms with Crippen molar-refractivity contribution in [3.63, 3.8) is 0 Å². The van der Waals surface area contributed by atoms with Gasteiger partial charge in [0.25, 0.3) is 0 Å². The second-order valence-corrected chi connectivity index (χ2v) is 8.19. The van der Waals surface area contributed by atoms with E-state index in [9.17, 15) is 50.4 Å². The first-order chi connectivity index (χ1) is 15.5. The summed E-state index contributed by atoms with van der Waals surface area (Å²) in [6.07, 6.45) is -8.78. The number of carboxylic acids is 1. The van der Waals surface area contributed by atoms with Crippen LogP contribution in [0.25, 0.3) is 0 Å². The zero-order valence-electron chi connectivity index (χ0n) is 17.2. The van der Waals surface area contributed by atoms with Crippen LogP contribution in [0.1, 0.15) is 43.0 Å². The lowest BCUT2D eigenvalue weighted by Gasteiger charge is -2.49. The molecule has 1 saturated heterocycles. The normalized spacial score (nSPS) is 31.1. The maximum absolute atomic E-state index is 13.3. The van der Waals surface area contributed by atoms with Crippen LogP contribution < -0.4 is 0 Å². The van der Waals surface area contributed by atoms with Gasteiger partial charge in [-0.15, -0.1) is 0 Å². The third-order valence-corrected chi connectivity index (χ3v) is 6.33. The summed E-state index contributed by atoms with van der Waals surface area (Å²) in [7, 11) is 0. The molecular formula is C22H22O11. The predicted octanol–water partition coefficient (Wildman–Crippen LogP) is -1.27. The van der Waals surface area contributed by atoms with Gasteiger partial charge in [0.05, 0.1) is 17.7 Å². The first-order valence-corrected chi connectivity index (χ1v) is 9.97. The number of carbonyl (C=O) groups is 2. The lowest BCUT2D eigenvalue weighted by molar-refractivity contribution is -0.265. The number of carbonyl (C=O) groups excluding carboxylic acids is 1. The van der Waals surface area contributed by atoms with Gasteiger partial charge in [-0.05, 0) is 18.6 Å². The van der Waals surface area contributed by atoms with Gasteiger partial charge >= 0.3 is 5.97 Å². The van der Waals surface area contributed by atoms with Gasteiger partial charge in [-0.3, -0.25) is 4.79 Å². The highest BCUT2D eigenvalue weighted by Crippen LogP contribution is 2.50. The van der Waals surface area contributed by atoms with Gasteiger partial charge in [0.1, 0.15) is 53.2 Å². The molecule has 0 amide bonds. The zero-order valence-corrected chi connectivity index (χ0v) is 17.2. The number of ketones is 1. The zero-order chi connectivity index (χ0) is 24.4. The highest BCUT2D eigenvalue weighted by molar-refractivity contribution is 6.17. The maximum atomic E-state index is 13.3. The average molecular weight is 462 g/mol. The molecule has 1 aliphatic carbocycles. The van der Waals surface area contributed by atoms with Crippen molar-refractivity contribution >= 4 is 11.8 Å². The molecule has 0 radical (unpaired) electrons. The quantitative estimate of drug-likeness (QED) is 0.270. The Hall–Kier alpha value is -3.06. The molecular weight excluding hydrogens is 440 g/mol. The predicted molar refractivity (Wildman–Crippen MR) is 108 cm³/mol. The highest BCUT2D eigenvalue weighted by atomic mass is 16.6. The molecule has 11 nitrogen and oxygen atoms in total. The number of hydrogen-bond donors (Lipinski definition) is 8. The van der Waals surface area contributed by atoms with E-state index in [-0.39, 0.29) is 16.7 Å². The number of rotatable bonds is 3. The van der Waals surface area contributed by atoms with Gasteiger partial charge in [0.2, 0.25) is 5.78 Å². The summed E-state index contributed by atoms with van der Waals surface area (Å²) in [5, 5.41) is 83.4. The largest absolute Gasteiger partial charge is 0.507 e. The molecule has 0 saturated carbocycles. The lowest BCUT2D eigenvalue weighted by Crippen LogP contribution is -2.65. The van der Waals surface area contributed by atoms with Crippen LogP contribution >= 0.6 is 0 Å². The number of phenols is 2. The Morgan fingerprint density at radius 2 is 1.73 bits per heavy atom. The SMILES string of the molecule is Cc1cc2c(c(O)c1C(=O)O)C(=O)c1c(O)cccc1[C@]2(O)[C@@H]1O[C@H](CO)[C@@H](O)[C@H](O)[C@H]1O. The first-order valence-electron chi connectivity index (χ1n) is 9.97. The van der Waals surface area contributed by atoms with Gasteiger partial charge in [-0.25, -0.2) is 4.79 Å². The Kier molecular flexibility index (Phi) is 5.44. The molecule has 0 spiro atoms. The number of aliphatic hydroxyl groups excluding tert-OH is 4. The number of aromatic carboxylic acids is 1. The molecule has 1 aliphatic heterocycles. The molecule has 176 valence electrons. The summed E-state index contributed by atoms with van der Waals surface area (Å²) in [5.74, 6) is -4.07. The maximum Gasteiger partial charge on any atom is 0.339 e. The van der Waals surface area contributed by atoms with Crippen LogP contribution in [0.2, 0.25) is 0 Å². The molecule has 4 rings (SSSR count). The van der Waals surface area contributed by atoms with Crippen molar-refractivity contribution in [3.05, 3.63) is 57.6 Å². The average Bonchev–Trinajstić information content (AvgIpc) is 2.75. The number of phenolic OH excluding ortho intramolecular Hbond substituents is 1. The fraction of sp³-hybridized carbons (Fsp3) is 0.364. The molecule has 1 fully saturated rings. The standard InChI is InChI=1S/C22H22O11/c1-7-5-9-14(16(26)12(7)21(30)31)17(27)13-8(3-2-4-10(13)24)22(9,32)20-19(29)18(28)15(25)11(6-23)33-20/h2-5,11,15,18-20,23-26,28-29,32H,6H2,1H3,(H,30,31)/t11-,15-,18+,19-,20-,22-/m1/s1. The molecule has 0 unspecified atom stereocenters. The Morgan fingerprint density at radius 3 is 2.33 bits per heavy atom. The summed E-state index contributed by atoms with van der Waals surface area (Å²) < 4.78 is 5.57. The van der Waals surface area contributed by atoms with Crippen molar-refractivity contribution in [2.75, 3.05) is 6.61 Å². The number of benzene rings is 2. The van der Waals surface area contributed by atoms with Gasteiger partial charge in [-0.2, -0.15) is 0 Å². The van der Waals surface area contributed by atoms with Crippen LogP contribution in [0.3, 0.4) is 0 Å². The van der Waals surface area contributed by atoms with Gasteiger partial charge in [0.15, 0.2) is 0 Å². The molecule has 8 N–H and O–H groups in total. The van der Waals surface area contributed by atoms with Crippen LogP contribution in [0.15, 0.2) is 24.3 Å². The fourth-order valence-electron chi connectivity index (χ4n) is 4.72. The topological polar surface area (TPSA) is 205 Å². The van der Waals surface area contributed by atoms with Gasteiger partial charge < -0.3 is 45.6 Å². The van der Waals surface area contributed by atoms with Gasteiger partial charge in [0, 0.05) is 11.1 Å². The molecule has 1 heterocycles. The molecule has 33 heavy (non-hydrogen) atoms. The molecule has 0 bridgehead atoms. The minimum Gasteiger partial charge on any atom is -0.507 e. The van der Waals surface area contributed by atoms with Crippen molar-refractivity contribution in [1.82, 2.24) is 0 Å². The Balaban J connectivity index is 2.08. The lowest BCUT2D eigenvalue weighted by atomic mass is 9.67. The Morgan fingerprint density at radius 1 is 1.06 bits per heavy atom. The van der Waals surface area contributed by atoms with E-state index in [0.29, 0.717) is 0 Å². The summed E-state index contributed by atoms with van der Waals surface area (Å²) >= 11 is 0. The number of carboxylic acid groups (broad SMARTS) is 1. The number of aryl methyl sites for hydroxylation is 1. The van der Waals surface area contributed by atoms with Crippen molar-refractivity contribution in [3.8, 4) is 11.5 Å². The van der Waals surface area contributed by atoms with Crippen LogP contribution in [0.5, 0.6) is 11.5 Å². The Labute approximate surface area is 186 Å². The summed E-state index contributed by atoms with van der Waals surface area (Å²) in [5.41, 5.74) is -4.84. The second-order valence-electron chi connectivity index (χ2n) is 8.19. The van der Waals surface area contributed by atoms with E-state index in [2.05, 4.69) is 0 Å². The van der Waals surface area contributed by atoms with E-state index < -0.39 is 82.7 Å². The molecule has 2 aliphatic rings. The molecule has 0 aromatic heterocycles. The van der Waals surface area contributed by atoms with Crippen molar-refractivity contribution < 1.29 is 55.2 Å². The third-order valence-electron chi connectivity index (χ3n) is 6.33. The molecule has 2 aromatic carbocycles. The number of hydrogen-bond acceptors (Lipinski definition) is 10. The smallest absolute Gasteiger partial charge is 0.339 e. The summed E-state index contributed by atoms with van der Waals surface area (Å²) in [6, 6.07) is 4.83. The highest BCUT2D eigenvalue weighted by Gasteiger charge is 2.58. The molecule has 6 atom stereocenters. The minimum atomic E-state index is -2.52. The van der Waals surface area contributed by atoms with Crippen molar-refractivity contribution in [1.29, 1.82) is 0 Å². The van der Waals surface area contributed by atoms with Crippen molar-refractivity contribution in [2.24, 2.45) is 0 Å². The summed E-state index contributed by atoms with van der Waals surface area (Å²) in [4.78, 5) is 25.0. The van der Waals surface area contributed by atoms with E-state index in [4.69, 9.17) is 4.74 Å². The van der Waals surface area contributed by atoms with Gasteiger partial charge in [-0.1, -0.05) is 18.2 Å². The summed E-state index contributed by atoms with van der Waals surface area (Å²) in [6.45, 7) is 0.526. The van der Waals surface area contributed by atoms with E-state index in [1.165, 1.54) is 19.1 Å². The van der Waals surface area contributed by atoms with Crippen LogP contribution in [0, 0.1) is 6.92 Å². The fourth-order valence-corrected chi connectivity index (χ4v) is 4.72. The third kappa shape index (κ3) is 3.05. The van der Waals surface area contributed by atoms with E-state index in [1.54, 1.807) is 0 Å². The van der Waals surface area contributed by atoms with E-state index >= 15 is 0 Å². The second kappa shape index (κ2) is 7.76. The number of aliphatic hydroxyl groups is 5. The molecule has 11 heteroatoms. The van der Waals surface area contributed by atoms with Crippen molar-refractivity contribution in [2.45, 2.75) is 43.0 Å². The van der Waals surface area contributed by atoms with E-state index in [0.717, 1.165) is 12.1 Å². The number of fused-ring (bicyclic) bond motifs is 2. The van der Waals surface area contributed by atoms with Crippen LogP contribution in [0.4, 0.5) is 0 Å². The number of ether oxygens (including phenoxy) is 1. The Bertz CT molecular complexity index is 1160. The number of aromatic hydroxyl groups is 2. The minimum absolute atomic E-state index is 0.0295. The van der Waals surface area contributed by atoms with E-state index in [1.807, 2.05) is 0 Å². The molecule has 2 aromatic rings. The van der Waals surface area contributed by atoms with Crippen LogP contribution in [-0.4, -0.2) is 89.7 Å².